The molecule has 1 aliphatic heterocycles. The van der Waals surface area contributed by atoms with Gasteiger partial charge >= 0.3 is 0 Å². The molecule has 0 saturated carbocycles. The van der Waals surface area contributed by atoms with Crippen LogP contribution in [0, 0.1) is 0 Å². The second-order valence-corrected chi connectivity index (χ2v) is 5.65. The van der Waals surface area contributed by atoms with Gasteiger partial charge in [-0.05, 0) is 12.1 Å². The highest BCUT2D eigenvalue weighted by Crippen LogP contribution is 2.30. The average Bonchev–Trinajstić information content (AvgIpc) is 2.82. The van der Waals surface area contributed by atoms with Gasteiger partial charge in [-0.2, -0.15) is 0 Å². The number of thiazole rings is 1. The fourth-order valence-electron chi connectivity index (χ4n) is 1.87. The predicted molar refractivity (Wildman–Crippen MR) is 73.4 cm³/mol. The van der Waals surface area contributed by atoms with Crippen molar-refractivity contribution in [2.75, 3.05) is 24.6 Å². The van der Waals surface area contributed by atoms with Crippen molar-refractivity contribution in [2.45, 2.75) is 5.44 Å². The third-order valence-corrected chi connectivity index (χ3v) is 4.43. The molecule has 0 spiro atoms. The Labute approximate surface area is 108 Å². The Morgan fingerprint density at radius 2 is 2.35 bits per heavy atom. The van der Waals surface area contributed by atoms with Crippen molar-refractivity contribution in [1.82, 2.24) is 4.98 Å². The van der Waals surface area contributed by atoms with Crippen LogP contribution in [0.1, 0.15) is 0 Å². The van der Waals surface area contributed by atoms with Gasteiger partial charge in [0.05, 0.1) is 23.4 Å². The predicted octanol–water partition coefficient (Wildman–Crippen LogP) is 2.07. The quantitative estimate of drug-likeness (QED) is 0.844. The number of ether oxygens (including phenoxy) is 1. The molecule has 0 aliphatic carbocycles. The SMILES string of the molecule is NSC1CN(c2nc3ccccc3s2)CCO1. The van der Waals surface area contributed by atoms with E-state index in [0.717, 1.165) is 23.7 Å². The Bertz CT molecular complexity index is 483. The summed E-state index contributed by atoms with van der Waals surface area (Å²) in [6.45, 7) is 2.41. The lowest BCUT2D eigenvalue weighted by Gasteiger charge is -2.31. The van der Waals surface area contributed by atoms with Gasteiger partial charge in [0.1, 0.15) is 5.44 Å². The number of benzene rings is 1. The average molecular weight is 267 g/mol. The Morgan fingerprint density at radius 3 is 3.18 bits per heavy atom. The minimum atomic E-state index is 0.0516. The Morgan fingerprint density at radius 1 is 1.47 bits per heavy atom. The summed E-state index contributed by atoms with van der Waals surface area (Å²) in [6.07, 6.45) is 0. The summed E-state index contributed by atoms with van der Waals surface area (Å²) in [5, 5.41) is 6.63. The molecular weight excluding hydrogens is 254 g/mol. The van der Waals surface area contributed by atoms with Crippen molar-refractivity contribution in [1.29, 1.82) is 0 Å². The molecule has 4 nitrogen and oxygen atoms in total. The van der Waals surface area contributed by atoms with Gasteiger partial charge in [0.25, 0.3) is 0 Å². The molecule has 6 heteroatoms. The van der Waals surface area contributed by atoms with Crippen LogP contribution in [0.3, 0.4) is 0 Å². The fourth-order valence-corrected chi connectivity index (χ4v) is 3.31. The number of aromatic nitrogens is 1. The maximum absolute atomic E-state index is 5.57. The highest BCUT2D eigenvalue weighted by molar-refractivity contribution is 7.97. The maximum atomic E-state index is 5.57. The van der Waals surface area contributed by atoms with Crippen LogP contribution in [-0.2, 0) is 4.74 Å². The van der Waals surface area contributed by atoms with Gasteiger partial charge in [-0.3, -0.25) is 5.14 Å². The van der Waals surface area contributed by atoms with Crippen LogP contribution >= 0.6 is 23.3 Å². The summed E-state index contributed by atoms with van der Waals surface area (Å²) >= 11 is 2.99. The lowest BCUT2D eigenvalue weighted by atomic mass is 10.3. The summed E-state index contributed by atoms with van der Waals surface area (Å²) in [5.74, 6) is 0. The van der Waals surface area contributed by atoms with Crippen LogP contribution in [-0.4, -0.2) is 30.1 Å². The van der Waals surface area contributed by atoms with Gasteiger partial charge in [-0.15, -0.1) is 0 Å². The van der Waals surface area contributed by atoms with Crippen LogP contribution in [0.15, 0.2) is 24.3 Å². The van der Waals surface area contributed by atoms with Crippen molar-refractivity contribution < 1.29 is 4.74 Å². The van der Waals surface area contributed by atoms with E-state index >= 15 is 0 Å². The molecule has 1 atom stereocenters. The van der Waals surface area contributed by atoms with Gasteiger partial charge in [-0.1, -0.05) is 35.4 Å². The molecule has 1 unspecified atom stereocenters. The van der Waals surface area contributed by atoms with Crippen LogP contribution in [0.2, 0.25) is 0 Å². The summed E-state index contributed by atoms with van der Waals surface area (Å²) < 4.78 is 6.75. The number of fused-ring (bicyclic) bond motifs is 1. The molecular formula is C11H13N3OS2. The van der Waals surface area contributed by atoms with E-state index in [2.05, 4.69) is 16.0 Å². The first kappa shape index (κ1) is 11.3. The van der Waals surface area contributed by atoms with Gasteiger partial charge in [0.15, 0.2) is 5.13 Å². The van der Waals surface area contributed by atoms with E-state index in [1.165, 1.54) is 16.6 Å². The molecule has 1 fully saturated rings. The van der Waals surface area contributed by atoms with Gasteiger partial charge in [0, 0.05) is 6.54 Å². The molecule has 3 rings (SSSR count). The fraction of sp³-hybridized carbons (Fsp3) is 0.364. The Balaban J connectivity index is 1.87. The number of nitrogens with zero attached hydrogens (tertiary/aromatic N) is 2. The number of rotatable bonds is 2. The van der Waals surface area contributed by atoms with Crippen molar-refractivity contribution in [2.24, 2.45) is 5.14 Å². The van der Waals surface area contributed by atoms with E-state index in [1.54, 1.807) is 11.3 Å². The van der Waals surface area contributed by atoms with Crippen molar-refractivity contribution in [3.05, 3.63) is 24.3 Å². The molecule has 2 N–H and O–H groups in total. The third kappa shape index (κ3) is 2.26. The standard InChI is InChI=1S/C11H13N3OS2/c12-17-10-7-14(5-6-15-10)11-13-8-3-1-2-4-9(8)16-11/h1-4,10H,5-7,12H2. The highest BCUT2D eigenvalue weighted by Gasteiger charge is 2.22. The van der Waals surface area contributed by atoms with E-state index < -0.39 is 0 Å². The van der Waals surface area contributed by atoms with Crippen LogP contribution in [0.5, 0.6) is 0 Å². The number of anilines is 1. The third-order valence-electron chi connectivity index (χ3n) is 2.74. The molecule has 1 aromatic carbocycles. The summed E-state index contributed by atoms with van der Waals surface area (Å²) in [5.41, 5.74) is 1.12. The van der Waals surface area contributed by atoms with E-state index in [0.29, 0.717) is 6.61 Å². The minimum absolute atomic E-state index is 0.0516. The monoisotopic (exact) mass is 267 g/mol. The first-order valence-corrected chi connectivity index (χ1v) is 7.20. The molecule has 1 aliphatic rings. The Hall–Kier alpha value is -0.820. The van der Waals surface area contributed by atoms with Crippen LogP contribution in [0.25, 0.3) is 10.2 Å². The van der Waals surface area contributed by atoms with E-state index in [9.17, 15) is 0 Å². The highest BCUT2D eigenvalue weighted by atomic mass is 32.2. The minimum Gasteiger partial charge on any atom is -0.363 e. The number of hydrogen-bond donors (Lipinski definition) is 1. The van der Waals surface area contributed by atoms with Gasteiger partial charge in [-0.25, -0.2) is 4.98 Å². The molecule has 2 heterocycles. The second-order valence-electron chi connectivity index (χ2n) is 3.85. The zero-order chi connectivity index (χ0) is 11.7. The zero-order valence-electron chi connectivity index (χ0n) is 9.20. The van der Waals surface area contributed by atoms with Crippen molar-refractivity contribution >= 4 is 38.6 Å². The summed E-state index contributed by atoms with van der Waals surface area (Å²) in [6, 6.07) is 8.21. The van der Waals surface area contributed by atoms with E-state index in [1.807, 2.05) is 18.2 Å². The smallest absolute Gasteiger partial charge is 0.186 e. The first-order valence-electron chi connectivity index (χ1n) is 5.44. The topological polar surface area (TPSA) is 51.4 Å². The largest absolute Gasteiger partial charge is 0.363 e. The normalized spacial score (nSPS) is 21.0. The molecule has 0 bridgehead atoms. The number of para-hydroxylation sites is 1. The van der Waals surface area contributed by atoms with E-state index in [-0.39, 0.29) is 5.44 Å². The number of hydrogen-bond acceptors (Lipinski definition) is 6. The molecule has 0 amide bonds. The molecule has 1 aromatic heterocycles. The summed E-state index contributed by atoms with van der Waals surface area (Å²) in [4.78, 5) is 6.89. The van der Waals surface area contributed by atoms with Crippen LogP contribution < -0.4 is 10.0 Å². The molecule has 0 radical (unpaired) electrons. The molecule has 1 saturated heterocycles. The second kappa shape index (κ2) is 4.81. The maximum Gasteiger partial charge on any atom is 0.186 e. The van der Waals surface area contributed by atoms with Gasteiger partial charge < -0.3 is 9.64 Å². The first-order chi connectivity index (χ1) is 8.36. The lowest BCUT2D eigenvalue weighted by Crippen LogP contribution is -2.41. The molecule has 2 aromatic rings. The van der Waals surface area contributed by atoms with Gasteiger partial charge in [0.2, 0.25) is 0 Å². The van der Waals surface area contributed by atoms with Crippen molar-refractivity contribution in [3.63, 3.8) is 0 Å². The number of morpholine rings is 1. The Kier molecular flexibility index (Phi) is 3.19. The zero-order valence-corrected chi connectivity index (χ0v) is 10.8. The van der Waals surface area contributed by atoms with Crippen LogP contribution in [0.4, 0.5) is 5.13 Å². The van der Waals surface area contributed by atoms with Crippen molar-refractivity contribution in [3.8, 4) is 0 Å². The number of nitrogens with two attached hydrogens (primary N) is 1. The molecule has 90 valence electrons. The summed E-state index contributed by atoms with van der Waals surface area (Å²) in [7, 11) is 0. The van der Waals surface area contributed by atoms with E-state index in [4.69, 9.17) is 9.88 Å². The molecule has 17 heavy (non-hydrogen) atoms. The lowest BCUT2D eigenvalue weighted by molar-refractivity contribution is 0.0983.